The summed E-state index contributed by atoms with van der Waals surface area (Å²) in [4.78, 5) is 0. The van der Waals surface area contributed by atoms with Crippen LogP contribution in [-0.4, -0.2) is 20.2 Å². The van der Waals surface area contributed by atoms with Crippen LogP contribution < -0.4 is 4.74 Å². The summed E-state index contributed by atoms with van der Waals surface area (Å²) in [6, 6.07) is 5.36. The number of tetrazole rings is 1. The van der Waals surface area contributed by atoms with E-state index >= 15 is 0 Å². The third-order valence-corrected chi connectivity index (χ3v) is 3.15. The summed E-state index contributed by atoms with van der Waals surface area (Å²) in [5, 5.41) is 12.1. The number of hydrogen-bond donors (Lipinski definition) is 0. The van der Waals surface area contributed by atoms with Crippen LogP contribution in [0, 0.1) is 0 Å². The Kier molecular flexibility index (Phi) is 4.54. The molecular formula is C11H12BrClN4O. The minimum atomic E-state index is 0.327. The first-order valence-electron chi connectivity index (χ1n) is 5.53. The quantitative estimate of drug-likeness (QED) is 0.845. The molecule has 0 radical (unpaired) electrons. The first kappa shape index (κ1) is 13.3. The highest BCUT2D eigenvalue weighted by Crippen LogP contribution is 2.28. The lowest BCUT2D eigenvalue weighted by Crippen LogP contribution is -2.08. The number of nitrogens with zero attached hydrogens (tertiary/aromatic N) is 4. The molecule has 0 spiro atoms. The summed E-state index contributed by atoms with van der Waals surface area (Å²) >= 11 is 9.25. The van der Waals surface area contributed by atoms with Gasteiger partial charge in [0.1, 0.15) is 12.4 Å². The second-order valence-electron chi connectivity index (χ2n) is 3.68. The molecule has 1 aromatic heterocycles. The fourth-order valence-corrected chi connectivity index (χ4v) is 2.24. The third-order valence-electron chi connectivity index (χ3n) is 2.29. The molecule has 0 saturated carbocycles. The fraction of sp³-hybridized carbons (Fsp3) is 0.364. The van der Waals surface area contributed by atoms with Gasteiger partial charge in [-0.25, -0.2) is 4.68 Å². The molecule has 18 heavy (non-hydrogen) atoms. The van der Waals surface area contributed by atoms with E-state index in [1.165, 1.54) is 0 Å². The summed E-state index contributed by atoms with van der Waals surface area (Å²) in [7, 11) is 0. The van der Waals surface area contributed by atoms with E-state index < -0.39 is 0 Å². The third kappa shape index (κ3) is 3.20. The van der Waals surface area contributed by atoms with Crippen LogP contribution in [-0.2, 0) is 13.2 Å². The second-order valence-corrected chi connectivity index (χ2v) is 4.97. The van der Waals surface area contributed by atoms with Crippen molar-refractivity contribution in [2.75, 3.05) is 0 Å². The van der Waals surface area contributed by atoms with Gasteiger partial charge < -0.3 is 4.74 Å². The molecular weight excluding hydrogens is 320 g/mol. The number of hydrogen-bond acceptors (Lipinski definition) is 4. The lowest BCUT2D eigenvalue weighted by Gasteiger charge is -2.08. The van der Waals surface area contributed by atoms with Crippen molar-refractivity contribution in [3.05, 3.63) is 33.5 Å². The highest BCUT2D eigenvalue weighted by molar-refractivity contribution is 9.10. The first-order chi connectivity index (χ1) is 8.70. The Morgan fingerprint density at radius 2 is 2.28 bits per heavy atom. The van der Waals surface area contributed by atoms with Crippen molar-refractivity contribution < 1.29 is 4.74 Å². The van der Waals surface area contributed by atoms with Crippen molar-refractivity contribution in [2.24, 2.45) is 0 Å². The molecule has 0 saturated heterocycles. The minimum Gasteiger partial charge on any atom is -0.484 e. The van der Waals surface area contributed by atoms with Crippen LogP contribution in [0.1, 0.15) is 19.2 Å². The van der Waals surface area contributed by atoms with Gasteiger partial charge in [0.15, 0.2) is 5.82 Å². The van der Waals surface area contributed by atoms with Crippen molar-refractivity contribution in [1.29, 1.82) is 0 Å². The molecule has 0 amide bonds. The lowest BCUT2D eigenvalue weighted by atomic mass is 10.3. The van der Waals surface area contributed by atoms with Crippen molar-refractivity contribution in [3.63, 3.8) is 0 Å². The van der Waals surface area contributed by atoms with Crippen LogP contribution in [0.3, 0.4) is 0 Å². The summed E-state index contributed by atoms with van der Waals surface area (Å²) < 4.78 is 8.20. The van der Waals surface area contributed by atoms with E-state index in [0.29, 0.717) is 23.2 Å². The first-order valence-corrected chi connectivity index (χ1v) is 6.70. The molecule has 5 nitrogen and oxygen atoms in total. The molecule has 0 atom stereocenters. The van der Waals surface area contributed by atoms with E-state index in [2.05, 4.69) is 38.4 Å². The predicted octanol–water partition coefficient (Wildman–Crippen LogP) is 3.08. The lowest BCUT2D eigenvalue weighted by molar-refractivity contribution is 0.284. The fourth-order valence-electron chi connectivity index (χ4n) is 1.45. The van der Waals surface area contributed by atoms with E-state index in [-0.39, 0.29) is 0 Å². The number of rotatable bonds is 5. The molecule has 2 rings (SSSR count). The topological polar surface area (TPSA) is 52.8 Å². The standard InChI is InChI=1S/C11H12BrClN4O/c1-2-5-17-11(14-15-16-17)7-18-10-4-3-8(13)6-9(10)12/h3-4,6H,2,5,7H2,1H3. The van der Waals surface area contributed by atoms with Gasteiger partial charge in [-0.2, -0.15) is 0 Å². The van der Waals surface area contributed by atoms with E-state index in [1.54, 1.807) is 22.9 Å². The van der Waals surface area contributed by atoms with Gasteiger partial charge in [0.25, 0.3) is 0 Å². The molecule has 0 aliphatic rings. The summed E-state index contributed by atoms with van der Waals surface area (Å²) in [5.41, 5.74) is 0. The van der Waals surface area contributed by atoms with E-state index in [1.807, 2.05) is 0 Å². The van der Waals surface area contributed by atoms with Crippen molar-refractivity contribution >= 4 is 27.5 Å². The Bertz CT molecular complexity index is 532. The number of benzene rings is 1. The molecule has 0 N–H and O–H groups in total. The maximum absolute atomic E-state index is 5.86. The van der Waals surface area contributed by atoms with Crippen LogP contribution >= 0.6 is 27.5 Å². The molecule has 1 aromatic carbocycles. The number of aromatic nitrogens is 4. The Labute approximate surface area is 118 Å². The maximum atomic E-state index is 5.86. The predicted molar refractivity (Wildman–Crippen MR) is 71.6 cm³/mol. The average molecular weight is 332 g/mol. The smallest absolute Gasteiger partial charge is 0.189 e. The van der Waals surface area contributed by atoms with Crippen LogP contribution in [0.25, 0.3) is 0 Å². The average Bonchev–Trinajstić information content (AvgIpc) is 2.76. The van der Waals surface area contributed by atoms with Crippen LogP contribution in [0.4, 0.5) is 0 Å². The monoisotopic (exact) mass is 330 g/mol. The van der Waals surface area contributed by atoms with Gasteiger partial charge in [-0.15, -0.1) is 5.10 Å². The highest BCUT2D eigenvalue weighted by atomic mass is 79.9. The van der Waals surface area contributed by atoms with Gasteiger partial charge >= 0.3 is 0 Å². The molecule has 1 heterocycles. The summed E-state index contributed by atoms with van der Waals surface area (Å²) in [6.07, 6.45) is 0.975. The summed E-state index contributed by atoms with van der Waals surface area (Å²) in [6.45, 7) is 3.18. The van der Waals surface area contributed by atoms with Gasteiger partial charge in [0.2, 0.25) is 0 Å². The van der Waals surface area contributed by atoms with Crippen LogP contribution in [0.2, 0.25) is 5.02 Å². The number of ether oxygens (including phenoxy) is 1. The van der Waals surface area contributed by atoms with Gasteiger partial charge in [-0.3, -0.25) is 0 Å². The molecule has 0 aliphatic carbocycles. The molecule has 0 bridgehead atoms. The van der Waals surface area contributed by atoms with Crippen molar-refractivity contribution in [3.8, 4) is 5.75 Å². The Morgan fingerprint density at radius 1 is 1.44 bits per heavy atom. The maximum Gasteiger partial charge on any atom is 0.189 e. The normalized spacial score (nSPS) is 10.6. The minimum absolute atomic E-state index is 0.327. The largest absolute Gasteiger partial charge is 0.484 e. The molecule has 0 fully saturated rings. The van der Waals surface area contributed by atoms with Crippen molar-refractivity contribution in [1.82, 2.24) is 20.2 Å². The SMILES string of the molecule is CCCn1nnnc1COc1ccc(Cl)cc1Br. The number of aryl methyl sites for hydroxylation is 1. The zero-order chi connectivity index (χ0) is 13.0. The number of halogens is 2. The molecule has 96 valence electrons. The Morgan fingerprint density at radius 3 is 3.00 bits per heavy atom. The van der Waals surface area contributed by atoms with Crippen molar-refractivity contribution in [2.45, 2.75) is 26.5 Å². The van der Waals surface area contributed by atoms with E-state index in [4.69, 9.17) is 16.3 Å². The van der Waals surface area contributed by atoms with E-state index in [9.17, 15) is 0 Å². The molecule has 2 aromatic rings. The Balaban J connectivity index is 2.04. The Hall–Kier alpha value is -1.14. The van der Waals surface area contributed by atoms with Gasteiger partial charge in [-0.05, 0) is 51.0 Å². The molecule has 0 aliphatic heterocycles. The van der Waals surface area contributed by atoms with Crippen LogP contribution in [0.5, 0.6) is 5.75 Å². The van der Waals surface area contributed by atoms with Gasteiger partial charge in [-0.1, -0.05) is 18.5 Å². The second kappa shape index (κ2) is 6.15. The van der Waals surface area contributed by atoms with Gasteiger partial charge in [0.05, 0.1) is 4.47 Å². The zero-order valence-corrected chi connectivity index (χ0v) is 12.1. The van der Waals surface area contributed by atoms with Crippen LogP contribution in [0.15, 0.2) is 22.7 Å². The molecule has 7 heteroatoms. The molecule has 0 unspecified atom stereocenters. The van der Waals surface area contributed by atoms with Gasteiger partial charge in [0, 0.05) is 11.6 Å². The van der Waals surface area contributed by atoms with E-state index in [0.717, 1.165) is 17.4 Å². The highest BCUT2D eigenvalue weighted by Gasteiger charge is 2.08. The zero-order valence-electron chi connectivity index (χ0n) is 9.81. The summed E-state index contributed by atoms with van der Waals surface area (Å²) in [5.74, 6) is 1.42.